The highest BCUT2D eigenvalue weighted by Crippen LogP contribution is 2.25. The molecule has 2 aromatic carbocycles. The lowest BCUT2D eigenvalue weighted by molar-refractivity contribution is 0.0785. The number of nitrogens with zero attached hydrogens (tertiary/aromatic N) is 2. The number of nitrogens with two attached hydrogens (primary N) is 1. The minimum absolute atomic E-state index is 0.0150. The van der Waals surface area contributed by atoms with Crippen LogP contribution in [0.15, 0.2) is 48.5 Å². The van der Waals surface area contributed by atoms with E-state index in [1.165, 1.54) is 24.1 Å². The number of carbonyl (C=O) groups is 1. The van der Waals surface area contributed by atoms with Crippen molar-refractivity contribution >= 4 is 17.3 Å². The molecule has 4 heteroatoms. The molecule has 0 unspecified atom stereocenters. The summed E-state index contributed by atoms with van der Waals surface area (Å²) in [6, 6.07) is 15.5. The fourth-order valence-electron chi connectivity index (χ4n) is 3.08. The lowest BCUT2D eigenvalue weighted by Gasteiger charge is -2.24. The molecule has 1 aliphatic heterocycles. The third-order valence-electron chi connectivity index (χ3n) is 4.35. The van der Waals surface area contributed by atoms with E-state index in [4.69, 9.17) is 5.73 Å². The van der Waals surface area contributed by atoms with Crippen molar-refractivity contribution in [3.63, 3.8) is 0 Å². The van der Waals surface area contributed by atoms with Crippen molar-refractivity contribution < 1.29 is 4.79 Å². The summed E-state index contributed by atoms with van der Waals surface area (Å²) in [6.07, 6.45) is 2.49. The third kappa shape index (κ3) is 3.47. The zero-order valence-corrected chi connectivity index (χ0v) is 13.5. The Hall–Kier alpha value is -2.49. The first-order valence-corrected chi connectivity index (χ1v) is 8.09. The Morgan fingerprint density at radius 2 is 1.74 bits per heavy atom. The second kappa shape index (κ2) is 6.73. The highest BCUT2D eigenvalue weighted by molar-refractivity contribution is 5.94. The van der Waals surface area contributed by atoms with Crippen molar-refractivity contribution in [3.8, 4) is 0 Å². The zero-order valence-electron chi connectivity index (χ0n) is 13.5. The van der Waals surface area contributed by atoms with Crippen molar-refractivity contribution in [1.29, 1.82) is 0 Å². The number of hydrogen-bond donors (Lipinski definition) is 1. The van der Waals surface area contributed by atoms with Gasteiger partial charge in [0.05, 0.1) is 0 Å². The van der Waals surface area contributed by atoms with Gasteiger partial charge in [-0.25, -0.2) is 0 Å². The molecule has 1 saturated heterocycles. The average molecular weight is 309 g/mol. The number of amides is 1. The number of carbonyl (C=O) groups excluding carboxylic acids is 1. The summed E-state index contributed by atoms with van der Waals surface area (Å²) < 4.78 is 0. The summed E-state index contributed by atoms with van der Waals surface area (Å²) in [7, 11) is 1.85. The maximum Gasteiger partial charge on any atom is 0.253 e. The van der Waals surface area contributed by atoms with E-state index in [9.17, 15) is 4.79 Å². The van der Waals surface area contributed by atoms with E-state index in [1.54, 1.807) is 29.2 Å². The summed E-state index contributed by atoms with van der Waals surface area (Å²) >= 11 is 0. The Labute approximate surface area is 137 Å². The van der Waals surface area contributed by atoms with Gasteiger partial charge in [-0.1, -0.05) is 18.2 Å². The SMILES string of the molecule is CN(Cc1ccccc1N1CCCC1)C(=O)c1ccc(N)cc1. The van der Waals surface area contributed by atoms with Crippen LogP contribution in [0, 0.1) is 0 Å². The predicted octanol–water partition coefficient (Wildman–Crippen LogP) is 3.14. The maximum absolute atomic E-state index is 12.6. The Morgan fingerprint density at radius 1 is 1.09 bits per heavy atom. The number of hydrogen-bond acceptors (Lipinski definition) is 3. The molecule has 23 heavy (non-hydrogen) atoms. The van der Waals surface area contributed by atoms with Crippen molar-refractivity contribution in [2.45, 2.75) is 19.4 Å². The van der Waals surface area contributed by atoms with E-state index in [0.29, 0.717) is 17.8 Å². The van der Waals surface area contributed by atoms with Gasteiger partial charge in [0.15, 0.2) is 0 Å². The first-order valence-electron chi connectivity index (χ1n) is 8.09. The van der Waals surface area contributed by atoms with Crippen LogP contribution >= 0.6 is 0 Å². The van der Waals surface area contributed by atoms with Crippen LogP contribution in [-0.2, 0) is 6.54 Å². The quantitative estimate of drug-likeness (QED) is 0.883. The summed E-state index contributed by atoms with van der Waals surface area (Å²) in [5.41, 5.74) is 9.47. The molecule has 1 aliphatic rings. The van der Waals surface area contributed by atoms with Crippen LogP contribution in [0.3, 0.4) is 0 Å². The summed E-state index contributed by atoms with van der Waals surface area (Å²) in [5.74, 6) is 0.0150. The second-order valence-corrected chi connectivity index (χ2v) is 6.11. The average Bonchev–Trinajstić information content (AvgIpc) is 3.09. The fourth-order valence-corrected chi connectivity index (χ4v) is 3.08. The van der Waals surface area contributed by atoms with Gasteiger partial charge < -0.3 is 15.5 Å². The summed E-state index contributed by atoms with van der Waals surface area (Å²) in [4.78, 5) is 16.7. The van der Waals surface area contributed by atoms with Gasteiger partial charge in [-0.05, 0) is 48.7 Å². The van der Waals surface area contributed by atoms with Gasteiger partial charge in [-0.15, -0.1) is 0 Å². The molecule has 0 aromatic heterocycles. The van der Waals surface area contributed by atoms with E-state index in [2.05, 4.69) is 23.1 Å². The normalized spacial score (nSPS) is 14.0. The number of nitrogen functional groups attached to an aromatic ring is 1. The Balaban J connectivity index is 1.76. The Kier molecular flexibility index (Phi) is 4.51. The molecule has 1 fully saturated rings. The second-order valence-electron chi connectivity index (χ2n) is 6.11. The highest BCUT2D eigenvalue weighted by atomic mass is 16.2. The van der Waals surface area contributed by atoms with Crippen LogP contribution in [-0.4, -0.2) is 30.9 Å². The monoisotopic (exact) mass is 309 g/mol. The van der Waals surface area contributed by atoms with Gasteiger partial charge >= 0.3 is 0 Å². The molecule has 0 atom stereocenters. The predicted molar refractivity (Wildman–Crippen MR) is 94.5 cm³/mol. The Bertz CT molecular complexity index is 675. The van der Waals surface area contributed by atoms with Gasteiger partial charge in [0.25, 0.3) is 5.91 Å². The van der Waals surface area contributed by atoms with E-state index in [-0.39, 0.29) is 5.91 Å². The molecule has 0 spiro atoms. The van der Waals surface area contributed by atoms with E-state index < -0.39 is 0 Å². The van der Waals surface area contributed by atoms with Gasteiger partial charge in [0.2, 0.25) is 0 Å². The highest BCUT2D eigenvalue weighted by Gasteiger charge is 2.18. The van der Waals surface area contributed by atoms with Crippen molar-refractivity contribution in [2.75, 3.05) is 30.8 Å². The zero-order chi connectivity index (χ0) is 16.2. The lowest BCUT2D eigenvalue weighted by atomic mass is 10.1. The van der Waals surface area contributed by atoms with Crippen LogP contribution < -0.4 is 10.6 Å². The van der Waals surface area contributed by atoms with Crippen LogP contribution in [0.5, 0.6) is 0 Å². The molecule has 120 valence electrons. The lowest BCUT2D eigenvalue weighted by Crippen LogP contribution is -2.28. The number of para-hydroxylation sites is 1. The molecule has 1 amide bonds. The first-order chi connectivity index (χ1) is 11.1. The molecule has 1 heterocycles. The van der Waals surface area contributed by atoms with Gasteiger partial charge in [-0.2, -0.15) is 0 Å². The van der Waals surface area contributed by atoms with Crippen LogP contribution in [0.1, 0.15) is 28.8 Å². The smallest absolute Gasteiger partial charge is 0.253 e. The molecule has 0 radical (unpaired) electrons. The molecule has 4 nitrogen and oxygen atoms in total. The third-order valence-corrected chi connectivity index (χ3v) is 4.35. The maximum atomic E-state index is 12.6. The van der Waals surface area contributed by atoms with Crippen LogP contribution in [0.2, 0.25) is 0 Å². The summed E-state index contributed by atoms with van der Waals surface area (Å²) in [6.45, 7) is 2.81. The molecule has 3 rings (SSSR count). The van der Waals surface area contributed by atoms with E-state index in [0.717, 1.165) is 13.1 Å². The minimum Gasteiger partial charge on any atom is -0.399 e. The number of rotatable bonds is 4. The van der Waals surface area contributed by atoms with Gasteiger partial charge in [0.1, 0.15) is 0 Å². The van der Waals surface area contributed by atoms with Crippen molar-refractivity contribution in [3.05, 3.63) is 59.7 Å². The minimum atomic E-state index is 0.0150. The van der Waals surface area contributed by atoms with Gasteiger partial charge in [0, 0.05) is 43.6 Å². The van der Waals surface area contributed by atoms with Crippen LogP contribution in [0.25, 0.3) is 0 Å². The van der Waals surface area contributed by atoms with Gasteiger partial charge in [-0.3, -0.25) is 4.79 Å². The molecule has 2 N–H and O–H groups in total. The molecular formula is C19H23N3O. The number of anilines is 2. The standard InChI is InChI=1S/C19H23N3O/c1-21(19(23)15-8-10-17(20)11-9-15)14-16-6-2-3-7-18(16)22-12-4-5-13-22/h2-3,6-11H,4-5,12-14,20H2,1H3. The van der Waals surface area contributed by atoms with Crippen molar-refractivity contribution in [2.24, 2.45) is 0 Å². The topological polar surface area (TPSA) is 49.6 Å². The summed E-state index contributed by atoms with van der Waals surface area (Å²) in [5, 5.41) is 0. The molecule has 0 bridgehead atoms. The Morgan fingerprint density at radius 3 is 2.43 bits per heavy atom. The molecule has 0 saturated carbocycles. The van der Waals surface area contributed by atoms with E-state index in [1.807, 2.05) is 13.1 Å². The fraction of sp³-hybridized carbons (Fsp3) is 0.316. The molecule has 0 aliphatic carbocycles. The first kappa shape index (κ1) is 15.4. The molecular weight excluding hydrogens is 286 g/mol. The largest absolute Gasteiger partial charge is 0.399 e. The number of benzene rings is 2. The van der Waals surface area contributed by atoms with Crippen LogP contribution in [0.4, 0.5) is 11.4 Å². The molecule has 2 aromatic rings. The van der Waals surface area contributed by atoms with E-state index >= 15 is 0 Å². The van der Waals surface area contributed by atoms with Crippen molar-refractivity contribution in [1.82, 2.24) is 4.90 Å².